The van der Waals surface area contributed by atoms with E-state index in [9.17, 15) is 0 Å². The Bertz CT molecular complexity index is 502. The minimum atomic E-state index is 0.442. The molecule has 0 saturated carbocycles. The van der Waals surface area contributed by atoms with Crippen molar-refractivity contribution in [1.29, 1.82) is 0 Å². The predicted octanol–water partition coefficient (Wildman–Crippen LogP) is 2.40. The topological polar surface area (TPSA) is 49.9 Å². The number of hydrogen-bond donors (Lipinski definition) is 2. The number of ether oxygens (including phenoxy) is 1. The average Bonchev–Trinajstić information content (AvgIpc) is 2.99. The molecule has 4 nitrogen and oxygen atoms in total. The van der Waals surface area contributed by atoms with Gasteiger partial charge in [0.05, 0.1) is 18.3 Å². The summed E-state index contributed by atoms with van der Waals surface area (Å²) >= 11 is 0. The van der Waals surface area contributed by atoms with Gasteiger partial charge in [0.2, 0.25) is 0 Å². The lowest BCUT2D eigenvalue weighted by Gasteiger charge is -2.20. The van der Waals surface area contributed by atoms with Gasteiger partial charge in [-0.25, -0.2) is 0 Å². The molecule has 2 heterocycles. The molecule has 4 heteroatoms. The summed E-state index contributed by atoms with van der Waals surface area (Å²) in [6, 6.07) is 6.73. The van der Waals surface area contributed by atoms with Crippen LogP contribution in [0.3, 0.4) is 0 Å². The third kappa shape index (κ3) is 2.13. The second kappa shape index (κ2) is 4.37. The van der Waals surface area contributed by atoms with Gasteiger partial charge in [-0.2, -0.15) is 5.10 Å². The summed E-state index contributed by atoms with van der Waals surface area (Å²) in [5.74, 6) is 0.618. The number of aromatic nitrogens is 2. The molecule has 2 N–H and O–H groups in total. The number of aromatic amines is 1. The minimum absolute atomic E-state index is 0.442. The molecule has 17 heavy (non-hydrogen) atoms. The molecular weight excluding hydrogens is 214 g/mol. The normalized spacial score (nSPS) is 21.8. The van der Waals surface area contributed by atoms with Crippen LogP contribution in [0.2, 0.25) is 0 Å². The molecule has 1 aliphatic rings. The van der Waals surface area contributed by atoms with Crippen molar-refractivity contribution in [1.82, 2.24) is 10.2 Å². The molecule has 1 saturated heterocycles. The third-order valence-corrected chi connectivity index (χ3v) is 3.51. The van der Waals surface area contributed by atoms with Gasteiger partial charge < -0.3 is 10.1 Å². The van der Waals surface area contributed by atoms with Crippen LogP contribution in [0.1, 0.15) is 13.3 Å². The number of nitrogens with one attached hydrogen (secondary N) is 2. The molecule has 2 unspecified atom stereocenters. The molecule has 2 aromatic rings. The lowest BCUT2D eigenvalue weighted by Crippen LogP contribution is -2.26. The molecule has 1 aliphatic heterocycles. The Kier molecular flexibility index (Phi) is 2.73. The zero-order valence-corrected chi connectivity index (χ0v) is 9.94. The molecule has 0 bridgehead atoms. The largest absolute Gasteiger partial charge is 0.382 e. The Morgan fingerprint density at radius 2 is 2.47 bits per heavy atom. The van der Waals surface area contributed by atoms with Crippen LogP contribution in [0, 0.1) is 5.92 Å². The van der Waals surface area contributed by atoms with E-state index in [1.807, 2.05) is 6.20 Å². The molecule has 0 radical (unpaired) electrons. The van der Waals surface area contributed by atoms with Gasteiger partial charge in [-0.05, 0) is 31.5 Å². The van der Waals surface area contributed by atoms with E-state index >= 15 is 0 Å². The average molecular weight is 231 g/mol. The quantitative estimate of drug-likeness (QED) is 0.852. The van der Waals surface area contributed by atoms with Crippen molar-refractivity contribution in [2.45, 2.75) is 19.4 Å². The lowest BCUT2D eigenvalue weighted by molar-refractivity contribution is 0.183. The summed E-state index contributed by atoms with van der Waals surface area (Å²) in [5, 5.41) is 11.7. The van der Waals surface area contributed by atoms with Crippen LogP contribution >= 0.6 is 0 Å². The van der Waals surface area contributed by atoms with Crippen LogP contribution in [0.15, 0.2) is 24.4 Å². The maximum atomic E-state index is 5.42. The number of hydrogen-bond acceptors (Lipinski definition) is 3. The monoisotopic (exact) mass is 231 g/mol. The van der Waals surface area contributed by atoms with Gasteiger partial charge in [-0.1, -0.05) is 0 Å². The first-order valence-corrected chi connectivity index (χ1v) is 6.10. The van der Waals surface area contributed by atoms with Crippen molar-refractivity contribution in [2.75, 3.05) is 18.5 Å². The van der Waals surface area contributed by atoms with E-state index in [1.165, 1.54) is 0 Å². The molecule has 0 spiro atoms. The Balaban J connectivity index is 1.74. The van der Waals surface area contributed by atoms with Gasteiger partial charge in [-0.15, -0.1) is 0 Å². The molecule has 1 aromatic carbocycles. The van der Waals surface area contributed by atoms with E-state index in [1.54, 1.807) is 0 Å². The number of nitrogens with zero attached hydrogens (tertiary/aromatic N) is 1. The molecule has 1 fully saturated rings. The summed E-state index contributed by atoms with van der Waals surface area (Å²) < 4.78 is 5.42. The Morgan fingerprint density at radius 1 is 1.53 bits per heavy atom. The van der Waals surface area contributed by atoms with Crippen LogP contribution in [0.25, 0.3) is 10.9 Å². The van der Waals surface area contributed by atoms with Gasteiger partial charge in [0.1, 0.15) is 0 Å². The second-order valence-electron chi connectivity index (χ2n) is 4.73. The second-order valence-corrected chi connectivity index (χ2v) is 4.73. The molecular formula is C13H17N3O. The minimum Gasteiger partial charge on any atom is -0.382 e. The van der Waals surface area contributed by atoms with Crippen LogP contribution in [0.4, 0.5) is 5.69 Å². The maximum absolute atomic E-state index is 5.42. The number of fused-ring (bicyclic) bond motifs is 1. The summed E-state index contributed by atoms with van der Waals surface area (Å²) in [6.07, 6.45) is 2.99. The zero-order chi connectivity index (χ0) is 11.7. The summed E-state index contributed by atoms with van der Waals surface area (Å²) in [5.41, 5.74) is 2.21. The van der Waals surface area contributed by atoms with Crippen molar-refractivity contribution in [3.63, 3.8) is 0 Å². The first kappa shape index (κ1) is 10.6. The van der Waals surface area contributed by atoms with Crippen molar-refractivity contribution >= 4 is 16.6 Å². The molecule has 1 aromatic heterocycles. The van der Waals surface area contributed by atoms with Gasteiger partial charge >= 0.3 is 0 Å². The standard InChI is InChI=1S/C13H17N3O/c1-9(11-4-5-17-8-11)15-12-3-2-10-7-14-16-13(10)6-12/h2-3,6-7,9,11,15H,4-5,8H2,1H3,(H,14,16). The number of benzene rings is 1. The molecule has 0 aliphatic carbocycles. The maximum Gasteiger partial charge on any atom is 0.0670 e. The van der Waals surface area contributed by atoms with Crippen molar-refractivity contribution in [3.05, 3.63) is 24.4 Å². The Labute approximate surface area is 100 Å². The van der Waals surface area contributed by atoms with E-state index < -0.39 is 0 Å². The van der Waals surface area contributed by atoms with E-state index in [4.69, 9.17) is 4.74 Å². The summed E-state index contributed by atoms with van der Waals surface area (Å²) in [7, 11) is 0. The Morgan fingerprint density at radius 3 is 3.29 bits per heavy atom. The highest BCUT2D eigenvalue weighted by atomic mass is 16.5. The first-order valence-electron chi connectivity index (χ1n) is 6.10. The van der Waals surface area contributed by atoms with E-state index in [0.717, 1.165) is 36.2 Å². The smallest absolute Gasteiger partial charge is 0.0670 e. The van der Waals surface area contributed by atoms with Gasteiger partial charge in [0, 0.05) is 29.6 Å². The van der Waals surface area contributed by atoms with Crippen LogP contribution < -0.4 is 5.32 Å². The van der Waals surface area contributed by atoms with E-state index in [-0.39, 0.29) is 0 Å². The third-order valence-electron chi connectivity index (χ3n) is 3.51. The zero-order valence-electron chi connectivity index (χ0n) is 9.94. The SMILES string of the molecule is CC(Nc1ccc2cn[nH]c2c1)C1CCOC1. The fraction of sp³-hybridized carbons (Fsp3) is 0.462. The fourth-order valence-corrected chi connectivity index (χ4v) is 2.35. The molecule has 90 valence electrons. The van der Waals surface area contributed by atoms with Crippen molar-refractivity contribution < 1.29 is 4.74 Å². The van der Waals surface area contributed by atoms with Gasteiger partial charge in [0.25, 0.3) is 0 Å². The summed E-state index contributed by atoms with van der Waals surface area (Å²) in [6.45, 7) is 3.99. The highest BCUT2D eigenvalue weighted by Gasteiger charge is 2.22. The van der Waals surface area contributed by atoms with Crippen molar-refractivity contribution in [2.24, 2.45) is 5.92 Å². The van der Waals surface area contributed by atoms with Crippen LogP contribution in [0.5, 0.6) is 0 Å². The lowest BCUT2D eigenvalue weighted by atomic mass is 10.0. The van der Waals surface area contributed by atoms with E-state index in [0.29, 0.717) is 12.0 Å². The predicted molar refractivity (Wildman–Crippen MR) is 68.1 cm³/mol. The number of rotatable bonds is 3. The Hall–Kier alpha value is -1.55. The summed E-state index contributed by atoms with van der Waals surface area (Å²) in [4.78, 5) is 0. The van der Waals surface area contributed by atoms with E-state index in [2.05, 4.69) is 40.6 Å². The van der Waals surface area contributed by atoms with Crippen LogP contribution in [-0.4, -0.2) is 29.5 Å². The number of anilines is 1. The van der Waals surface area contributed by atoms with Gasteiger partial charge in [-0.3, -0.25) is 5.10 Å². The van der Waals surface area contributed by atoms with Crippen LogP contribution in [-0.2, 0) is 4.74 Å². The number of H-pyrrole nitrogens is 1. The van der Waals surface area contributed by atoms with Gasteiger partial charge in [0.15, 0.2) is 0 Å². The highest BCUT2D eigenvalue weighted by molar-refractivity contribution is 5.81. The van der Waals surface area contributed by atoms with Crippen molar-refractivity contribution in [3.8, 4) is 0 Å². The molecule has 2 atom stereocenters. The molecule has 0 amide bonds. The molecule has 3 rings (SSSR count). The first-order chi connectivity index (χ1) is 8.33. The fourth-order valence-electron chi connectivity index (χ4n) is 2.35. The highest BCUT2D eigenvalue weighted by Crippen LogP contribution is 2.22.